The monoisotopic (exact) mass is 549 g/mol. The number of carbonyl (C=O) groups is 1. The standard InChI is InChI=1S/C27H29F2N3O5.ClH/c1-15(30)25-24(26(33)31-12-18-4-6-19(28)11-21(18)29)32-27(37-25)17-5-7-22(36-20-8-9-34-14-20)23(10-17)35-13-16-2-3-16;/h4-7,10-11,15-16,20H,2-3,8-9,12-14,30H2,1H3,(H,31,33);1H/t15-,20?;/m0./s1. The molecule has 1 aliphatic heterocycles. The predicted octanol–water partition coefficient (Wildman–Crippen LogP) is 4.95. The molecule has 2 atom stereocenters. The molecule has 1 aromatic heterocycles. The highest BCUT2D eigenvalue weighted by Crippen LogP contribution is 2.37. The molecule has 1 unspecified atom stereocenters. The molecule has 2 fully saturated rings. The lowest BCUT2D eigenvalue weighted by Gasteiger charge is -2.16. The highest BCUT2D eigenvalue weighted by Gasteiger charge is 2.26. The van der Waals surface area contributed by atoms with E-state index in [1.54, 1.807) is 25.1 Å². The number of amides is 1. The minimum Gasteiger partial charge on any atom is -0.489 e. The van der Waals surface area contributed by atoms with E-state index in [1.165, 1.54) is 6.07 Å². The minimum absolute atomic E-state index is 0. The number of halogens is 3. The van der Waals surface area contributed by atoms with Crippen LogP contribution in [-0.2, 0) is 11.3 Å². The fourth-order valence-electron chi connectivity index (χ4n) is 3.98. The average molecular weight is 550 g/mol. The van der Waals surface area contributed by atoms with Crippen LogP contribution in [0, 0.1) is 17.6 Å². The highest BCUT2D eigenvalue weighted by atomic mass is 35.5. The summed E-state index contributed by atoms with van der Waals surface area (Å²) in [5, 5.41) is 2.60. The fraction of sp³-hybridized carbons (Fsp3) is 0.407. The molecule has 3 aromatic rings. The number of hydrogen-bond donors (Lipinski definition) is 2. The van der Waals surface area contributed by atoms with Crippen molar-refractivity contribution in [3.8, 4) is 23.0 Å². The van der Waals surface area contributed by atoms with Crippen LogP contribution in [0.3, 0.4) is 0 Å². The number of hydrogen-bond acceptors (Lipinski definition) is 7. The SMILES string of the molecule is C[C@H](N)c1oc(-c2ccc(OC3CCOC3)c(OCC3CC3)c2)nc1C(=O)NCc1ccc(F)cc1F.Cl. The van der Waals surface area contributed by atoms with Gasteiger partial charge in [-0.05, 0) is 49.9 Å². The summed E-state index contributed by atoms with van der Waals surface area (Å²) in [6.45, 7) is 3.30. The first-order valence-electron chi connectivity index (χ1n) is 12.4. The highest BCUT2D eigenvalue weighted by molar-refractivity contribution is 5.94. The van der Waals surface area contributed by atoms with Crippen LogP contribution < -0.4 is 20.5 Å². The molecular weight excluding hydrogens is 520 g/mol. The lowest BCUT2D eigenvalue weighted by Crippen LogP contribution is -2.25. The Morgan fingerprint density at radius 1 is 1.18 bits per heavy atom. The minimum atomic E-state index is -0.751. The number of nitrogens with two attached hydrogens (primary N) is 1. The van der Waals surface area contributed by atoms with Gasteiger partial charge in [0.05, 0.1) is 25.9 Å². The van der Waals surface area contributed by atoms with Gasteiger partial charge in [-0.1, -0.05) is 6.07 Å². The van der Waals surface area contributed by atoms with Crippen molar-refractivity contribution in [3.63, 3.8) is 0 Å². The summed E-state index contributed by atoms with van der Waals surface area (Å²) in [6.07, 6.45) is 3.05. The molecule has 1 saturated carbocycles. The van der Waals surface area contributed by atoms with Crippen LogP contribution in [0.2, 0.25) is 0 Å². The van der Waals surface area contributed by atoms with Gasteiger partial charge in [-0.25, -0.2) is 13.8 Å². The normalized spacial score (nSPS) is 17.5. The van der Waals surface area contributed by atoms with E-state index in [9.17, 15) is 13.6 Å². The summed E-state index contributed by atoms with van der Waals surface area (Å²) in [6, 6.07) is 7.89. The maximum atomic E-state index is 14.0. The number of ether oxygens (including phenoxy) is 3. The van der Waals surface area contributed by atoms with Gasteiger partial charge in [-0.3, -0.25) is 4.79 Å². The summed E-state index contributed by atoms with van der Waals surface area (Å²) in [7, 11) is 0. The summed E-state index contributed by atoms with van der Waals surface area (Å²) < 4.78 is 50.6. The molecule has 8 nitrogen and oxygen atoms in total. The van der Waals surface area contributed by atoms with Crippen LogP contribution in [-0.4, -0.2) is 36.8 Å². The Bertz CT molecular complexity index is 1280. The van der Waals surface area contributed by atoms with Gasteiger partial charge in [-0.2, -0.15) is 0 Å². The van der Waals surface area contributed by atoms with Gasteiger partial charge in [0.2, 0.25) is 5.89 Å². The molecule has 3 N–H and O–H groups in total. The number of aromatic nitrogens is 1. The quantitative estimate of drug-likeness (QED) is 0.368. The van der Waals surface area contributed by atoms with Gasteiger partial charge in [0.25, 0.3) is 5.91 Å². The van der Waals surface area contributed by atoms with E-state index < -0.39 is 23.6 Å². The Morgan fingerprint density at radius 3 is 2.68 bits per heavy atom. The number of nitrogens with zero attached hydrogens (tertiary/aromatic N) is 1. The van der Waals surface area contributed by atoms with E-state index in [-0.39, 0.29) is 48.0 Å². The Hall–Kier alpha value is -3.21. The fourth-order valence-corrected chi connectivity index (χ4v) is 3.98. The van der Waals surface area contributed by atoms with Crippen LogP contribution in [0.15, 0.2) is 40.8 Å². The molecule has 2 aliphatic rings. The predicted molar refractivity (Wildman–Crippen MR) is 137 cm³/mol. The smallest absolute Gasteiger partial charge is 0.273 e. The van der Waals surface area contributed by atoms with E-state index in [4.69, 9.17) is 24.4 Å². The van der Waals surface area contributed by atoms with E-state index >= 15 is 0 Å². The summed E-state index contributed by atoms with van der Waals surface area (Å²) >= 11 is 0. The summed E-state index contributed by atoms with van der Waals surface area (Å²) in [5.74, 6) is 0.0674. The maximum absolute atomic E-state index is 14.0. The van der Waals surface area contributed by atoms with Crippen LogP contribution in [0.25, 0.3) is 11.5 Å². The number of carbonyl (C=O) groups excluding carboxylic acids is 1. The van der Waals surface area contributed by atoms with E-state index in [2.05, 4.69) is 10.3 Å². The second-order valence-electron chi connectivity index (χ2n) is 9.46. The number of rotatable bonds is 10. The van der Waals surface area contributed by atoms with Crippen LogP contribution >= 0.6 is 12.4 Å². The molecule has 5 rings (SSSR count). The third-order valence-corrected chi connectivity index (χ3v) is 6.28. The van der Waals surface area contributed by atoms with Gasteiger partial charge in [-0.15, -0.1) is 12.4 Å². The summed E-state index contributed by atoms with van der Waals surface area (Å²) in [5.41, 5.74) is 6.78. The first kappa shape index (κ1) is 27.8. The van der Waals surface area contributed by atoms with Crippen molar-refractivity contribution >= 4 is 18.3 Å². The number of benzene rings is 2. The molecule has 2 aromatic carbocycles. The van der Waals surface area contributed by atoms with Gasteiger partial charge < -0.3 is 29.7 Å². The molecule has 2 heterocycles. The zero-order valence-electron chi connectivity index (χ0n) is 20.9. The Kier molecular flexibility index (Phi) is 8.86. The zero-order chi connectivity index (χ0) is 25.9. The summed E-state index contributed by atoms with van der Waals surface area (Å²) in [4.78, 5) is 17.3. The van der Waals surface area contributed by atoms with Gasteiger partial charge in [0.1, 0.15) is 17.7 Å². The van der Waals surface area contributed by atoms with Crippen molar-refractivity contribution < 1.29 is 32.2 Å². The number of nitrogens with one attached hydrogen (secondary N) is 1. The second kappa shape index (κ2) is 12.1. The third-order valence-electron chi connectivity index (χ3n) is 6.28. The third kappa shape index (κ3) is 6.61. The zero-order valence-corrected chi connectivity index (χ0v) is 21.7. The Morgan fingerprint density at radius 2 is 2.00 bits per heavy atom. The molecule has 0 radical (unpaired) electrons. The average Bonchev–Trinajstić information content (AvgIpc) is 3.35. The van der Waals surface area contributed by atoms with Crippen LogP contribution in [0.4, 0.5) is 8.78 Å². The molecule has 11 heteroatoms. The molecule has 204 valence electrons. The van der Waals surface area contributed by atoms with E-state index in [0.29, 0.717) is 42.8 Å². The number of oxazole rings is 1. The molecule has 1 saturated heterocycles. The second-order valence-corrected chi connectivity index (χ2v) is 9.46. The lowest BCUT2D eigenvalue weighted by atomic mass is 10.2. The first-order valence-corrected chi connectivity index (χ1v) is 12.4. The van der Waals surface area contributed by atoms with Crippen molar-refractivity contribution in [2.75, 3.05) is 19.8 Å². The lowest BCUT2D eigenvalue weighted by molar-refractivity contribution is 0.0943. The Labute approximate surface area is 225 Å². The van der Waals surface area contributed by atoms with E-state index in [1.807, 2.05) is 0 Å². The van der Waals surface area contributed by atoms with Crippen molar-refractivity contribution in [3.05, 3.63) is 65.1 Å². The molecule has 38 heavy (non-hydrogen) atoms. The molecule has 1 amide bonds. The largest absolute Gasteiger partial charge is 0.489 e. The molecule has 0 spiro atoms. The van der Waals surface area contributed by atoms with Gasteiger partial charge >= 0.3 is 0 Å². The van der Waals surface area contributed by atoms with Crippen molar-refractivity contribution in [1.29, 1.82) is 0 Å². The Balaban J connectivity index is 0.00000336. The van der Waals surface area contributed by atoms with Crippen molar-refractivity contribution in [2.24, 2.45) is 11.7 Å². The van der Waals surface area contributed by atoms with Gasteiger partial charge in [0, 0.05) is 30.2 Å². The van der Waals surface area contributed by atoms with Crippen LogP contribution in [0.5, 0.6) is 11.5 Å². The molecule has 1 aliphatic carbocycles. The molecular formula is C27H30ClF2N3O5. The van der Waals surface area contributed by atoms with E-state index in [0.717, 1.165) is 31.4 Å². The maximum Gasteiger partial charge on any atom is 0.273 e. The topological polar surface area (TPSA) is 109 Å². The van der Waals surface area contributed by atoms with Crippen LogP contribution in [0.1, 0.15) is 54.0 Å². The molecule has 0 bridgehead atoms. The first-order chi connectivity index (χ1) is 17.9. The van der Waals surface area contributed by atoms with Crippen molar-refractivity contribution in [2.45, 2.75) is 44.9 Å². The van der Waals surface area contributed by atoms with Crippen molar-refractivity contribution in [1.82, 2.24) is 10.3 Å². The van der Waals surface area contributed by atoms with Gasteiger partial charge in [0.15, 0.2) is 23.0 Å².